The molecule has 5 aromatic carbocycles. The zero-order valence-corrected chi connectivity index (χ0v) is 24.3. The summed E-state index contributed by atoms with van der Waals surface area (Å²) in [5.74, 6) is 0.801. The number of hydrogen-bond donors (Lipinski definition) is 0. The number of benzene rings is 5. The largest absolute Gasteiger partial charge is 0.810 e. The van der Waals surface area contributed by atoms with Gasteiger partial charge in [-0.05, 0) is 29.7 Å². The zero-order chi connectivity index (χ0) is 31.9. The van der Waals surface area contributed by atoms with E-state index >= 15 is 0 Å². The summed E-state index contributed by atoms with van der Waals surface area (Å²) in [6, 6.07) is 34.8. The lowest BCUT2D eigenvalue weighted by atomic mass is 9.25. The number of nitro groups is 3. The molecule has 1 aliphatic heterocycles. The van der Waals surface area contributed by atoms with E-state index < -0.39 is 21.1 Å². The fraction of sp³-hybridized carbons (Fsp3) is 0.0588. The van der Waals surface area contributed by atoms with E-state index in [1.54, 1.807) is 36.4 Å². The van der Waals surface area contributed by atoms with Gasteiger partial charge in [0.25, 0.3) is 17.1 Å². The Morgan fingerprint density at radius 3 is 1.44 bits per heavy atom. The molecule has 0 aromatic heterocycles. The van der Waals surface area contributed by atoms with E-state index in [9.17, 15) is 30.3 Å². The Labute approximate surface area is 258 Å². The van der Waals surface area contributed by atoms with Gasteiger partial charge in [0.1, 0.15) is 7.11 Å². The normalized spacial score (nSPS) is 13.7. The van der Waals surface area contributed by atoms with Gasteiger partial charge in [-0.25, -0.2) is 0 Å². The first-order valence-corrected chi connectivity index (χ1v) is 14.1. The summed E-state index contributed by atoms with van der Waals surface area (Å²) in [4.78, 5) is 33.6. The Balaban J connectivity index is 1.82. The van der Waals surface area contributed by atoms with Gasteiger partial charge in [0.05, 0.1) is 20.3 Å². The van der Waals surface area contributed by atoms with Crippen molar-refractivity contribution in [2.75, 3.05) is 7.11 Å². The highest BCUT2D eigenvalue weighted by atomic mass is 16.6. The van der Waals surface area contributed by atoms with E-state index in [2.05, 4.69) is 4.28 Å². The van der Waals surface area contributed by atoms with Gasteiger partial charge in [0.15, 0.2) is 0 Å². The summed E-state index contributed by atoms with van der Waals surface area (Å²) in [5, 5.41) is 35.0. The van der Waals surface area contributed by atoms with Crippen molar-refractivity contribution in [3.8, 4) is 5.75 Å². The molecule has 1 aliphatic rings. The molecule has 0 aliphatic carbocycles. The minimum absolute atomic E-state index is 0.0720. The maximum absolute atomic E-state index is 11.7. The standard InChI is InChI=1S/C34H26BN3O7/c1-23-7-9-24(10-8-23)33-31-5-3-4-6-32(31)45(2)35(26-13-19-29(20-14-26)37(41)42,27-15-21-30(22-16-27)38(43)44)34(33)25-11-17-28(18-12-25)36(39)40/h3-22H,1-2H3. The van der Waals surface area contributed by atoms with Crippen LogP contribution < -0.4 is 10.9 Å². The van der Waals surface area contributed by atoms with Gasteiger partial charge < -0.3 is 4.28 Å². The number of non-ortho nitro benzene ring substituents is 3. The third-order valence-corrected chi connectivity index (χ3v) is 8.59. The average molecular weight is 599 g/mol. The molecule has 0 N–H and O–H groups in total. The van der Waals surface area contributed by atoms with Crippen LogP contribution in [0.3, 0.4) is 0 Å². The molecule has 0 spiro atoms. The predicted octanol–water partition coefficient (Wildman–Crippen LogP) is 6.89. The smallest absolute Gasteiger partial charge is 0.415 e. The van der Waals surface area contributed by atoms with E-state index in [-0.39, 0.29) is 17.1 Å². The molecule has 0 bridgehead atoms. The molecule has 0 amide bonds. The van der Waals surface area contributed by atoms with Gasteiger partial charge in [-0.2, -0.15) is 0 Å². The van der Waals surface area contributed by atoms with Gasteiger partial charge in [0, 0.05) is 42.5 Å². The predicted molar refractivity (Wildman–Crippen MR) is 174 cm³/mol. The highest BCUT2D eigenvalue weighted by molar-refractivity contribution is 7.12. The van der Waals surface area contributed by atoms with Crippen LogP contribution in [0.4, 0.5) is 17.1 Å². The van der Waals surface area contributed by atoms with Crippen LogP contribution >= 0.6 is 0 Å². The Morgan fingerprint density at radius 2 is 0.978 bits per heavy atom. The molecule has 0 saturated carbocycles. The fourth-order valence-corrected chi connectivity index (χ4v) is 6.51. The lowest BCUT2D eigenvalue weighted by Gasteiger charge is -2.55. The Hall–Kier alpha value is -6.10. The van der Waals surface area contributed by atoms with E-state index in [0.29, 0.717) is 16.5 Å². The Bertz CT molecular complexity index is 1930. The van der Waals surface area contributed by atoms with Crippen LogP contribution in [0.5, 0.6) is 5.75 Å². The number of aryl methyl sites for hydroxylation is 1. The molecule has 222 valence electrons. The van der Waals surface area contributed by atoms with Crippen molar-refractivity contribution in [3.05, 3.63) is 174 Å². The summed E-state index contributed by atoms with van der Waals surface area (Å²) in [7, 11) is 1.86. The van der Waals surface area contributed by atoms with Crippen LogP contribution in [-0.4, -0.2) is 28.2 Å². The number of rotatable bonds is 7. The second-order valence-corrected chi connectivity index (χ2v) is 11.0. The van der Waals surface area contributed by atoms with E-state index in [0.717, 1.165) is 33.5 Å². The summed E-state index contributed by atoms with van der Waals surface area (Å²) in [6.07, 6.45) is -2.31. The van der Waals surface area contributed by atoms with Crippen molar-refractivity contribution in [1.82, 2.24) is 0 Å². The minimum Gasteiger partial charge on any atom is -0.810 e. The average Bonchev–Trinajstić information content (AvgIpc) is 3.05. The van der Waals surface area contributed by atoms with E-state index in [1.807, 2.05) is 62.6 Å². The monoisotopic (exact) mass is 599 g/mol. The highest BCUT2D eigenvalue weighted by Gasteiger charge is 2.52. The molecule has 11 heteroatoms. The first-order valence-electron chi connectivity index (χ1n) is 14.1. The number of nitro benzene ring substituents is 3. The molecule has 0 saturated heterocycles. The quantitative estimate of drug-likeness (QED) is 0.0867. The number of fused-ring (bicyclic) bond motifs is 1. The van der Waals surface area contributed by atoms with Crippen LogP contribution in [-0.2, 0) is 4.28 Å². The van der Waals surface area contributed by atoms with Crippen molar-refractivity contribution < 1.29 is 19.1 Å². The maximum Gasteiger partial charge on any atom is 0.415 e. The Kier molecular flexibility index (Phi) is 7.21. The third kappa shape index (κ3) is 4.80. The third-order valence-electron chi connectivity index (χ3n) is 8.59. The van der Waals surface area contributed by atoms with Gasteiger partial charge in [-0.3, -0.25) is 30.3 Å². The van der Waals surface area contributed by atoms with E-state index in [1.165, 1.54) is 36.4 Å². The zero-order valence-electron chi connectivity index (χ0n) is 24.3. The second-order valence-electron chi connectivity index (χ2n) is 11.0. The van der Waals surface area contributed by atoms with Crippen molar-refractivity contribution in [1.29, 1.82) is 0 Å². The van der Waals surface area contributed by atoms with Gasteiger partial charge >= 0.3 is 6.35 Å². The number of para-hydroxylation sites is 1. The molecule has 6 rings (SSSR count). The maximum atomic E-state index is 11.7. The lowest BCUT2D eigenvalue weighted by Crippen LogP contribution is -2.66. The molecular formula is C34H26BN3O7. The second kappa shape index (κ2) is 11.2. The van der Waals surface area contributed by atoms with Crippen LogP contribution in [0.1, 0.15) is 22.3 Å². The molecule has 5 aromatic rings. The highest BCUT2D eigenvalue weighted by Crippen LogP contribution is 2.51. The van der Waals surface area contributed by atoms with Crippen molar-refractivity contribution in [2.45, 2.75) is 6.92 Å². The molecule has 1 heterocycles. The van der Waals surface area contributed by atoms with Crippen molar-refractivity contribution in [3.63, 3.8) is 0 Å². The van der Waals surface area contributed by atoms with Gasteiger partial charge in [-0.15, -0.1) is 10.9 Å². The molecule has 45 heavy (non-hydrogen) atoms. The van der Waals surface area contributed by atoms with Crippen molar-refractivity contribution in [2.24, 2.45) is 0 Å². The lowest BCUT2D eigenvalue weighted by molar-refractivity contribution is -0.385. The summed E-state index contributed by atoms with van der Waals surface area (Å²) < 4.78 is 3.31. The van der Waals surface area contributed by atoms with Crippen LogP contribution in [0, 0.1) is 37.3 Å². The Morgan fingerprint density at radius 1 is 0.556 bits per heavy atom. The summed E-state index contributed by atoms with van der Waals surface area (Å²) in [5.41, 5.74) is 6.31. The van der Waals surface area contributed by atoms with Crippen LogP contribution in [0.15, 0.2) is 121 Å². The van der Waals surface area contributed by atoms with E-state index in [4.69, 9.17) is 0 Å². The summed E-state index contributed by atoms with van der Waals surface area (Å²) in [6.45, 7) is 2.00. The van der Waals surface area contributed by atoms with Crippen LogP contribution in [0.2, 0.25) is 0 Å². The topological polar surface area (TPSA) is 132 Å². The van der Waals surface area contributed by atoms with Crippen molar-refractivity contribution >= 4 is 45.4 Å². The van der Waals surface area contributed by atoms with Gasteiger partial charge in [-0.1, -0.05) is 83.8 Å². The molecule has 10 nitrogen and oxygen atoms in total. The molecule has 0 atom stereocenters. The first-order chi connectivity index (χ1) is 21.6. The fourth-order valence-electron chi connectivity index (χ4n) is 6.51. The number of hydrogen-bond acceptors (Lipinski definition) is 6. The SMILES string of the molecule is Cc1ccc(C2=C(c3ccc([N+](=O)[O-])cc3)[B-](c3ccc([N+](=O)[O-])cc3)(c3ccc([N+](=O)[O-])cc3)[O+](C)c3ccccc32)cc1. The first kappa shape index (κ1) is 29.0. The molecule has 0 unspecified atom stereocenters. The van der Waals surface area contributed by atoms with Crippen LogP contribution in [0.25, 0.3) is 11.0 Å². The molecule has 0 radical (unpaired) electrons. The molecule has 0 fully saturated rings. The molecular weight excluding hydrogens is 573 g/mol. The minimum atomic E-state index is -2.31. The number of nitrogens with zero attached hydrogens (tertiary/aromatic N) is 3. The summed E-state index contributed by atoms with van der Waals surface area (Å²) >= 11 is 0. The van der Waals surface area contributed by atoms with Gasteiger partial charge in [0.2, 0.25) is 5.75 Å².